The number of rotatable bonds is 6. The highest BCUT2D eigenvalue weighted by Crippen LogP contribution is 2.09. The minimum atomic E-state index is 0.0300. The summed E-state index contributed by atoms with van der Waals surface area (Å²) in [4.78, 5) is 2.35. The Morgan fingerprint density at radius 3 is 2.08 bits per heavy atom. The van der Waals surface area contributed by atoms with E-state index in [1.54, 1.807) is 0 Å². The topological polar surface area (TPSA) is 27.3 Å². The Bertz CT molecular complexity index is 107. The summed E-state index contributed by atoms with van der Waals surface area (Å²) in [5.41, 5.74) is 0. The molecular formula is C8H23N3Si. The Morgan fingerprint density at radius 1 is 1.33 bits per heavy atom. The van der Waals surface area contributed by atoms with Crippen molar-refractivity contribution in [3.8, 4) is 0 Å². The maximum absolute atomic E-state index is 3.35. The number of nitrogens with zero attached hydrogens (tertiary/aromatic N) is 1. The first kappa shape index (κ1) is 12.1. The van der Waals surface area contributed by atoms with Gasteiger partial charge in [0.2, 0.25) is 0 Å². The van der Waals surface area contributed by atoms with E-state index in [1.807, 2.05) is 14.1 Å². The van der Waals surface area contributed by atoms with E-state index in [1.165, 1.54) is 22.7 Å². The van der Waals surface area contributed by atoms with Crippen LogP contribution in [0.25, 0.3) is 0 Å². The molecule has 0 atom stereocenters. The molecule has 0 bridgehead atoms. The number of nitrogens with one attached hydrogen (secondary N) is 2. The minimum Gasteiger partial charge on any atom is -0.290 e. The first-order chi connectivity index (χ1) is 5.66. The van der Waals surface area contributed by atoms with E-state index in [2.05, 4.69) is 29.5 Å². The van der Waals surface area contributed by atoms with Crippen LogP contribution < -0.4 is 10.6 Å². The summed E-state index contributed by atoms with van der Waals surface area (Å²) in [6, 6.07) is 1.19. The van der Waals surface area contributed by atoms with Crippen molar-refractivity contribution in [2.75, 3.05) is 27.7 Å². The van der Waals surface area contributed by atoms with Gasteiger partial charge in [-0.05, 0) is 33.6 Å². The summed E-state index contributed by atoms with van der Waals surface area (Å²) in [7, 11) is 7.39. The lowest BCUT2D eigenvalue weighted by Gasteiger charge is -2.41. The Labute approximate surface area is 79.3 Å². The zero-order chi connectivity index (χ0) is 9.61. The Kier molecular flexibility index (Phi) is 5.74. The summed E-state index contributed by atoms with van der Waals surface area (Å²) in [6.07, 6.45) is 1.20. The average Bonchev–Trinajstić information content (AvgIpc) is 2.09. The highest BCUT2D eigenvalue weighted by Gasteiger charge is 2.27. The van der Waals surface area contributed by atoms with Gasteiger partial charge in [-0.25, -0.2) is 0 Å². The molecule has 0 amide bonds. The molecule has 0 rings (SSSR count). The highest BCUT2D eigenvalue weighted by molar-refractivity contribution is 6.09. The average molecular weight is 189 g/mol. The van der Waals surface area contributed by atoms with Gasteiger partial charge in [0.05, 0.1) is 0 Å². The number of hydrogen-bond acceptors (Lipinski definition) is 3. The maximum Gasteiger partial charge on any atom is 0.121 e. The molecule has 0 aromatic carbocycles. The first-order valence-electron chi connectivity index (χ1n) is 4.75. The predicted octanol–water partition coefficient (Wildman–Crippen LogP) is -0.795. The Hall–Kier alpha value is 0.0969. The predicted molar refractivity (Wildman–Crippen MR) is 58.5 cm³/mol. The molecule has 0 aromatic heterocycles. The molecule has 0 heterocycles. The van der Waals surface area contributed by atoms with E-state index in [-0.39, 0.29) is 5.79 Å². The second-order valence-corrected chi connectivity index (χ2v) is 3.84. The Balaban J connectivity index is 4.24. The lowest BCUT2D eigenvalue weighted by Crippen LogP contribution is -2.64. The highest BCUT2D eigenvalue weighted by atomic mass is 28.1. The van der Waals surface area contributed by atoms with E-state index in [0.717, 1.165) is 6.54 Å². The van der Waals surface area contributed by atoms with E-state index in [0.29, 0.717) is 0 Å². The van der Waals surface area contributed by atoms with Crippen molar-refractivity contribution in [2.45, 2.75) is 25.2 Å². The van der Waals surface area contributed by atoms with Gasteiger partial charge < -0.3 is 0 Å². The van der Waals surface area contributed by atoms with E-state index >= 15 is 0 Å². The third kappa shape index (κ3) is 2.55. The molecule has 3 nitrogen and oxygen atoms in total. The molecule has 0 radical (unpaired) electrons. The smallest absolute Gasteiger partial charge is 0.121 e. The molecule has 2 N–H and O–H groups in total. The third-order valence-electron chi connectivity index (χ3n) is 2.55. The maximum atomic E-state index is 3.35. The SMILES string of the molecule is CCCN(C)C(C[SiH3])(NC)NC. The lowest BCUT2D eigenvalue weighted by molar-refractivity contribution is 0.0803. The van der Waals surface area contributed by atoms with Crippen LogP contribution in [0.4, 0.5) is 0 Å². The largest absolute Gasteiger partial charge is 0.290 e. The molecule has 0 fully saturated rings. The second-order valence-electron chi connectivity index (χ2n) is 3.14. The fourth-order valence-corrected chi connectivity index (χ4v) is 2.90. The van der Waals surface area contributed by atoms with Crippen LogP contribution in [0.5, 0.6) is 0 Å². The van der Waals surface area contributed by atoms with Gasteiger partial charge in [-0.1, -0.05) is 6.92 Å². The monoisotopic (exact) mass is 189 g/mol. The van der Waals surface area contributed by atoms with Crippen molar-refractivity contribution in [3.63, 3.8) is 0 Å². The van der Waals surface area contributed by atoms with Crippen LogP contribution in [0.1, 0.15) is 13.3 Å². The van der Waals surface area contributed by atoms with Gasteiger partial charge in [0, 0.05) is 16.8 Å². The fraction of sp³-hybridized carbons (Fsp3) is 1.00. The molecule has 0 saturated carbocycles. The fourth-order valence-electron chi connectivity index (χ4n) is 1.66. The van der Waals surface area contributed by atoms with Crippen LogP contribution in [-0.4, -0.2) is 48.6 Å². The normalized spacial score (nSPS) is 12.8. The summed E-state index contributed by atoms with van der Waals surface area (Å²) >= 11 is 0. The van der Waals surface area contributed by atoms with Crippen LogP contribution in [0.2, 0.25) is 6.04 Å². The van der Waals surface area contributed by atoms with Crippen molar-refractivity contribution in [2.24, 2.45) is 0 Å². The van der Waals surface area contributed by atoms with Gasteiger partial charge >= 0.3 is 0 Å². The van der Waals surface area contributed by atoms with E-state index in [9.17, 15) is 0 Å². The molecule has 0 aliphatic heterocycles. The van der Waals surface area contributed by atoms with Crippen molar-refractivity contribution in [1.82, 2.24) is 15.5 Å². The van der Waals surface area contributed by atoms with Gasteiger partial charge in [-0.15, -0.1) is 0 Å². The lowest BCUT2D eigenvalue weighted by atomic mass is 10.3. The molecule has 0 aliphatic carbocycles. The summed E-state index contributed by atoms with van der Waals surface area (Å²) in [5, 5.41) is 6.70. The molecule has 74 valence electrons. The molecule has 0 aromatic rings. The molecule has 0 aliphatic rings. The molecule has 0 spiro atoms. The number of hydrogen-bond donors (Lipinski definition) is 2. The summed E-state index contributed by atoms with van der Waals surface area (Å²) in [5.74, 6) is 0.0300. The van der Waals surface area contributed by atoms with Crippen LogP contribution in [0.15, 0.2) is 0 Å². The molecule has 0 unspecified atom stereocenters. The summed E-state index contributed by atoms with van der Waals surface area (Å²) in [6.45, 7) is 3.34. The van der Waals surface area contributed by atoms with Crippen molar-refractivity contribution < 1.29 is 0 Å². The van der Waals surface area contributed by atoms with Crippen molar-refractivity contribution >= 4 is 10.2 Å². The van der Waals surface area contributed by atoms with Crippen molar-refractivity contribution in [3.05, 3.63) is 0 Å². The quantitative estimate of drug-likeness (QED) is 0.423. The molecular weight excluding hydrogens is 166 g/mol. The van der Waals surface area contributed by atoms with Gasteiger partial charge in [0.1, 0.15) is 5.79 Å². The van der Waals surface area contributed by atoms with Gasteiger partial charge in [0.25, 0.3) is 0 Å². The van der Waals surface area contributed by atoms with Crippen LogP contribution >= 0.6 is 0 Å². The van der Waals surface area contributed by atoms with Gasteiger partial charge in [-0.3, -0.25) is 15.5 Å². The zero-order valence-electron chi connectivity index (χ0n) is 9.07. The van der Waals surface area contributed by atoms with Crippen molar-refractivity contribution in [1.29, 1.82) is 0 Å². The standard InChI is InChI=1S/C8H23N3Si/c1-5-6-11(4)8(7-12,9-2)10-3/h9-10H,5-7H2,1-4,12H3. The first-order valence-corrected chi connectivity index (χ1v) is 6.17. The Morgan fingerprint density at radius 2 is 1.83 bits per heavy atom. The molecule has 12 heavy (non-hydrogen) atoms. The van der Waals surface area contributed by atoms with E-state index in [4.69, 9.17) is 0 Å². The van der Waals surface area contributed by atoms with Gasteiger partial charge in [0.15, 0.2) is 0 Å². The molecule has 4 heteroatoms. The zero-order valence-corrected chi connectivity index (χ0v) is 11.1. The van der Waals surface area contributed by atoms with Gasteiger partial charge in [-0.2, -0.15) is 0 Å². The van der Waals surface area contributed by atoms with Crippen LogP contribution in [0.3, 0.4) is 0 Å². The minimum absolute atomic E-state index is 0.0300. The van der Waals surface area contributed by atoms with Crippen LogP contribution in [0, 0.1) is 0 Å². The van der Waals surface area contributed by atoms with Crippen LogP contribution in [-0.2, 0) is 0 Å². The summed E-state index contributed by atoms with van der Waals surface area (Å²) < 4.78 is 0. The van der Waals surface area contributed by atoms with E-state index < -0.39 is 0 Å². The third-order valence-corrected chi connectivity index (χ3v) is 3.57. The molecule has 0 saturated heterocycles. The second kappa shape index (κ2) is 5.69.